The lowest BCUT2D eigenvalue weighted by molar-refractivity contribution is -0.120. The molecule has 0 saturated heterocycles. The molecule has 88 valence electrons. The number of hydrogen-bond acceptors (Lipinski definition) is 2. The molecule has 0 aliphatic rings. The van der Waals surface area contributed by atoms with Crippen LogP contribution in [0.1, 0.15) is 25.1 Å². The first-order valence-electron chi connectivity index (χ1n) is 4.87. The molecule has 5 heteroatoms. The van der Waals surface area contributed by atoms with E-state index in [2.05, 4.69) is 26.2 Å². The second-order valence-corrected chi connectivity index (χ2v) is 5.15. The predicted molar refractivity (Wildman–Crippen MR) is 68.6 cm³/mol. The third-order valence-electron chi connectivity index (χ3n) is 2.30. The first-order valence-corrected chi connectivity index (χ1v) is 6.20. The van der Waals surface area contributed by atoms with E-state index in [9.17, 15) is 4.79 Å². The lowest BCUT2D eigenvalue weighted by Gasteiger charge is -2.27. The molecular weight excluding hydrogens is 291 g/mol. The highest BCUT2D eigenvalue weighted by Gasteiger charge is 2.24. The Morgan fingerprint density at radius 3 is 2.69 bits per heavy atom. The zero-order chi connectivity index (χ0) is 12.3. The van der Waals surface area contributed by atoms with E-state index in [1.807, 2.05) is 32.9 Å². The molecule has 0 fully saturated rings. The molecule has 1 rings (SSSR count). The fourth-order valence-electron chi connectivity index (χ4n) is 1.64. The van der Waals surface area contributed by atoms with Crippen molar-refractivity contribution in [2.45, 2.75) is 26.3 Å². The van der Waals surface area contributed by atoms with Crippen LogP contribution >= 0.6 is 27.5 Å². The van der Waals surface area contributed by atoms with Gasteiger partial charge in [-0.2, -0.15) is 0 Å². The number of aromatic nitrogens is 1. The largest absolute Gasteiger partial charge is 0.346 e. The van der Waals surface area contributed by atoms with Gasteiger partial charge in [0.25, 0.3) is 0 Å². The summed E-state index contributed by atoms with van der Waals surface area (Å²) in [5, 5.41) is 2.86. The Morgan fingerprint density at radius 1 is 1.56 bits per heavy atom. The van der Waals surface area contributed by atoms with E-state index in [1.165, 1.54) is 0 Å². The SMILES string of the molecule is Cc1nc(Br)ccc1C(C)(C)NC(=O)CCl. The maximum atomic E-state index is 11.3. The molecule has 16 heavy (non-hydrogen) atoms. The van der Waals surface area contributed by atoms with Crippen molar-refractivity contribution in [3.63, 3.8) is 0 Å². The average Bonchev–Trinajstić information content (AvgIpc) is 2.16. The molecule has 0 atom stereocenters. The van der Waals surface area contributed by atoms with Gasteiger partial charge in [-0.15, -0.1) is 11.6 Å². The Kier molecular flexibility index (Phi) is 4.33. The molecule has 0 saturated carbocycles. The van der Waals surface area contributed by atoms with Crippen molar-refractivity contribution >= 4 is 33.4 Å². The van der Waals surface area contributed by atoms with Crippen molar-refractivity contribution in [3.8, 4) is 0 Å². The van der Waals surface area contributed by atoms with E-state index in [0.29, 0.717) is 0 Å². The van der Waals surface area contributed by atoms with Gasteiger partial charge in [0.2, 0.25) is 5.91 Å². The highest BCUT2D eigenvalue weighted by molar-refractivity contribution is 9.10. The average molecular weight is 306 g/mol. The van der Waals surface area contributed by atoms with Crippen LogP contribution in [0.25, 0.3) is 0 Å². The summed E-state index contributed by atoms with van der Waals surface area (Å²) >= 11 is 8.78. The number of halogens is 2. The fraction of sp³-hybridized carbons (Fsp3) is 0.455. The number of hydrogen-bond donors (Lipinski definition) is 1. The summed E-state index contributed by atoms with van der Waals surface area (Å²) in [5.41, 5.74) is 1.40. The van der Waals surface area contributed by atoms with Gasteiger partial charge in [0.15, 0.2) is 0 Å². The molecule has 0 aliphatic carbocycles. The predicted octanol–water partition coefficient (Wildman–Crippen LogP) is 2.74. The van der Waals surface area contributed by atoms with Gasteiger partial charge in [0, 0.05) is 5.69 Å². The van der Waals surface area contributed by atoms with E-state index < -0.39 is 5.54 Å². The molecule has 3 nitrogen and oxygen atoms in total. The first-order chi connectivity index (χ1) is 7.36. The van der Waals surface area contributed by atoms with Gasteiger partial charge in [-0.05, 0) is 48.3 Å². The molecule has 1 aromatic rings. The summed E-state index contributed by atoms with van der Waals surface area (Å²) in [7, 11) is 0. The molecule has 1 heterocycles. The van der Waals surface area contributed by atoms with E-state index >= 15 is 0 Å². The second kappa shape index (κ2) is 5.15. The number of carbonyl (C=O) groups is 1. The molecule has 1 N–H and O–H groups in total. The lowest BCUT2D eigenvalue weighted by Crippen LogP contribution is -2.42. The molecule has 0 aromatic carbocycles. The third kappa shape index (κ3) is 3.19. The number of alkyl halides is 1. The molecule has 0 bridgehead atoms. The Bertz CT molecular complexity index is 407. The number of nitrogens with zero attached hydrogens (tertiary/aromatic N) is 1. The lowest BCUT2D eigenvalue weighted by atomic mass is 9.93. The minimum absolute atomic E-state index is 0.0353. The summed E-state index contributed by atoms with van der Waals surface area (Å²) in [4.78, 5) is 15.6. The van der Waals surface area contributed by atoms with Gasteiger partial charge in [0.1, 0.15) is 10.5 Å². The Labute approximate surface area is 109 Å². The molecule has 0 spiro atoms. The quantitative estimate of drug-likeness (QED) is 0.689. The van der Waals surface area contributed by atoms with Crippen molar-refractivity contribution in [1.82, 2.24) is 10.3 Å². The van der Waals surface area contributed by atoms with Crippen LogP contribution in [0.4, 0.5) is 0 Å². The summed E-state index contributed by atoms with van der Waals surface area (Å²) in [6, 6.07) is 3.80. The summed E-state index contributed by atoms with van der Waals surface area (Å²) < 4.78 is 0.785. The monoisotopic (exact) mass is 304 g/mol. The maximum Gasteiger partial charge on any atom is 0.235 e. The van der Waals surface area contributed by atoms with Crippen LogP contribution in [0.15, 0.2) is 16.7 Å². The third-order valence-corrected chi connectivity index (χ3v) is 2.98. The Morgan fingerprint density at radius 2 is 2.19 bits per heavy atom. The smallest absolute Gasteiger partial charge is 0.235 e. The molecule has 0 unspecified atom stereocenters. The van der Waals surface area contributed by atoms with E-state index in [-0.39, 0.29) is 11.8 Å². The Hall–Kier alpha value is -0.610. The van der Waals surface area contributed by atoms with E-state index in [4.69, 9.17) is 11.6 Å². The first kappa shape index (κ1) is 13.5. The van der Waals surface area contributed by atoms with Gasteiger partial charge >= 0.3 is 0 Å². The van der Waals surface area contributed by atoms with Crippen molar-refractivity contribution in [2.24, 2.45) is 0 Å². The van der Waals surface area contributed by atoms with Crippen LogP contribution < -0.4 is 5.32 Å². The second-order valence-electron chi connectivity index (χ2n) is 4.07. The van der Waals surface area contributed by atoms with Crippen molar-refractivity contribution in [2.75, 3.05) is 5.88 Å². The molecular formula is C11H14BrClN2O. The number of rotatable bonds is 3. The summed E-state index contributed by atoms with van der Waals surface area (Å²) in [6.45, 7) is 5.76. The number of pyridine rings is 1. The van der Waals surface area contributed by atoms with E-state index in [0.717, 1.165) is 15.9 Å². The number of nitrogens with one attached hydrogen (secondary N) is 1. The van der Waals surface area contributed by atoms with Crippen LogP contribution in [0.3, 0.4) is 0 Å². The Balaban J connectivity index is 3.02. The van der Waals surface area contributed by atoms with Crippen LogP contribution in [-0.2, 0) is 10.3 Å². The molecule has 0 radical (unpaired) electrons. The number of aryl methyl sites for hydroxylation is 1. The van der Waals surface area contributed by atoms with Gasteiger partial charge in [0.05, 0.1) is 5.54 Å². The van der Waals surface area contributed by atoms with Crippen LogP contribution in [0.2, 0.25) is 0 Å². The highest BCUT2D eigenvalue weighted by Crippen LogP contribution is 2.24. The van der Waals surface area contributed by atoms with Gasteiger partial charge in [-0.1, -0.05) is 6.07 Å². The topological polar surface area (TPSA) is 42.0 Å². The fourth-order valence-corrected chi connectivity index (χ4v) is 2.11. The van der Waals surface area contributed by atoms with Crippen molar-refractivity contribution < 1.29 is 4.79 Å². The summed E-state index contributed by atoms with van der Waals surface area (Å²) in [5.74, 6) is -0.221. The van der Waals surface area contributed by atoms with Gasteiger partial charge in [-0.3, -0.25) is 4.79 Å². The van der Waals surface area contributed by atoms with Gasteiger partial charge in [-0.25, -0.2) is 4.98 Å². The van der Waals surface area contributed by atoms with Crippen LogP contribution in [0, 0.1) is 6.92 Å². The minimum Gasteiger partial charge on any atom is -0.346 e. The van der Waals surface area contributed by atoms with E-state index in [1.54, 1.807) is 0 Å². The highest BCUT2D eigenvalue weighted by atomic mass is 79.9. The summed E-state index contributed by atoms with van der Waals surface area (Å²) in [6.07, 6.45) is 0. The van der Waals surface area contributed by atoms with Crippen molar-refractivity contribution in [1.29, 1.82) is 0 Å². The zero-order valence-corrected chi connectivity index (χ0v) is 11.8. The normalized spacial score (nSPS) is 11.3. The van der Waals surface area contributed by atoms with Gasteiger partial charge < -0.3 is 5.32 Å². The molecule has 1 aromatic heterocycles. The standard InChI is InChI=1S/C11H14BrClN2O/c1-7-8(4-5-9(12)14-7)11(2,3)15-10(16)6-13/h4-5H,6H2,1-3H3,(H,15,16). The number of carbonyl (C=O) groups excluding carboxylic acids is 1. The van der Waals surface area contributed by atoms with Crippen LogP contribution in [0.5, 0.6) is 0 Å². The molecule has 0 aliphatic heterocycles. The molecule has 1 amide bonds. The van der Waals surface area contributed by atoms with Crippen molar-refractivity contribution in [3.05, 3.63) is 28.0 Å². The minimum atomic E-state index is -0.468. The zero-order valence-electron chi connectivity index (χ0n) is 9.47. The maximum absolute atomic E-state index is 11.3. The van der Waals surface area contributed by atoms with Crippen LogP contribution in [-0.4, -0.2) is 16.8 Å². The number of amides is 1.